The summed E-state index contributed by atoms with van der Waals surface area (Å²) >= 11 is 0. The van der Waals surface area contributed by atoms with Crippen molar-refractivity contribution >= 4 is 16.0 Å². The highest BCUT2D eigenvalue weighted by Crippen LogP contribution is 2.12. The van der Waals surface area contributed by atoms with E-state index in [2.05, 4.69) is 4.98 Å². The average molecular weight is 300 g/mol. The normalized spacial score (nSPS) is 13.3. The van der Waals surface area contributed by atoms with Crippen molar-refractivity contribution in [3.05, 3.63) is 30.1 Å². The molecule has 112 valence electrons. The molecule has 0 aliphatic carbocycles. The quantitative estimate of drug-likeness (QED) is 0.778. The molecule has 6 nitrogen and oxygen atoms in total. The smallest absolute Gasteiger partial charge is 0.304 e. The molecule has 0 saturated carbocycles. The lowest BCUT2D eigenvalue weighted by Gasteiger charge is -2.26. The topological polar surface area (TPSA) is 87.6 Å². The zero-order valence-corrected chi connectivity index (χ0v) is 12.5. The zero-order valence-electron chi connectivity index (χ0n) is 11.7. The highest BCUT2D eigenvalue weighted by Gasteiger charge is 2.26. The number of sulfonamides is 1. The lowest BCUT2D eigenvalue weighted by atomic mass is 10.2. The van der Waals surface area contributed by atoms with Gasteiger partial charge in [0.05, 0.1) is 12.2 Å². The Bertz CT molecular complexity index is 531. The molecular weight excluding hydrogens is 280 g/mol. The summed E-state index contributed by atoms with van der Waals surface area (Å²) in [5, 5.41) is 8.77. The van der Waals surface area contributed by atoms with Gasteiger partial charge in [0.15, 0.2) is 0 Å². The van der Waals surface area contributed by atoms with Gasteiger partial charge in [0.1, 0.15) is 0 Å². The lowest BCUT2D eigenvalue weighted by Crippen LogP contribution is -2.41. The highest BCUT2D eigenvalue weighted by atomic mass is 32.2. The molecule has 0 bridgehead atoms. The number of aliphatic carboxylic acids is 1. The van der Waals surface area contributed by atoms with Gasteiger partial charge in [0, 0.05) is 25.0 Å². The first-order valence-corrected chi connectivity index (χ1v) is 8.08. The predicted octanol–water partition coefficient (Wildman–Crippen LogP) is 1.14. The van der Waals surface area contributed by atoms with E-state index in [1.165, 1.54) is 4.31 Å². The number of pyridine rings is 1. The van der Waals surface area contributed by atoms with Gasteiger partial charge in [0.2, 0.25) is 10.0 Å². The van der Waals surface area contributed by atoms with Gasteiger partial charge in [-0.3, -0.25) is 9.78 Å². The molecule has 20 heavy (non-hydrogen) atoms. The van der Waals surface area contributed by atoms with E-state index < -0.39 is 22.0 Å². The SMILES string of the molecule is CCN(C(C)CC(=O)O)S(=O)(=O)CCc1ccncc1. The first-order chi connectivity index (χ1) is 9.36. The second kappa shape index (κ2) is 7.35. The number of hydrogen-bond acceptors (Lipinski definition) is 4. The van der Waals surface area contributed by atoms with Crippen LogP contribution in [0.5, 0.6) is 0 Å². The van der Waals surface area contributed by atoms with Crippen LogP contribution in [0.2, 0.25) is 0 Å². The Kier molecular flexibility index (Phi) is 6.09. The van der Waals surface area contributed by atoms with Crippen LogP contribution < -0.4 is 0 Å². The molecule has 7 heteroatoms. The van der Waals surface area contributed by atoms with Crippen molar-refractivity contribution in [2.24, 2.45) is 0 Å². The van der Waals surface area contributed by atoms with Gasteiger partial charge in [-0.15, -0.1) is 0 Å². The van der Waals surface area contributed by atoms with Crippen LogP contribution in [0.15, 0.2) is 24.5 Å². The summed E-state index contributed by atoms with van der Waals surface area (Å²) in [6.07, 6.45) is 3.43. The van der Waals surface area contributed by atoms with E-state index in [0.29, 0.717) is 6.42 Å². The van der Waals surface area contributed by atoms with E-state index in [1.807, 2.05) is 0 Å². The molecule has 0 aliphatic heterocycles. The van der Waals surface area contributed by atoms with Crippen molar-refractivity contribution in [1.82, 2.24) is 9.29 Å². The average Bonchev–Trinajstić information content (AvgIpc) is 2.37. The highest BCUT2D eigenvalue weighted by molar-refractivity contribution is 7.89. The number of carboxylic acid groups (broad SMARTS) is 1. The summed E-state index contributed by atoms with van der Waals surface area (Å²) in [4.78, 5) is 14.6. The molecule has 0 aromatic carbocycles. The molecule has 1 atom stereocenters. The number of nitrogens with zero attached hydrogens (tertiary/aromatic N) is 2. The molecular formula is C13H20N2O4S. The van der Waals surface area contributed by atoms with Crippen LogP contribution in [0.4, 0.5) is 0 Å². The van der Waals surface area contributed by atoms with Gasteiger partial charge in [-0.25, -0.2) is 8.42 Å². The minimum absolute atomic E-state index is 0.0329. The molecule has 0 saturated heterocycles. The predicted molar refractivity (Wildman–Crippen MR) is 75.8 cm³/mol. The van der Waals surface area contributed by atoms with E-state index in [-0.39, 0.29) is 18.7 Å². The second-order valence-electron chi connectivity index (χ2n) is 4.57. The van der Waals surface area contributed by atoms with Gasteiger partial charge >= 0.3 is 5.97 Å². The maximum Gasteiger partial charge on any atom is 0.304 e. The molecule has 1 rings (SSSR count). The number of rotatable bonds is 8. The number of carboxylic acids is 1. The molecule has 0 radical (unpaired) electrons. The van der Waals surface area contributed by atoms with E-state index in [9.17, 15) is 13.2 Å². The Hall–Kier alpha value is -1.47. The van der Waals surface area contributed by atoms with Gasteiger partial charge in [-0.05, 0) is 31.0 Å². The Balaban J connectivity index is 2.72. The molecule has 0 fully saturated rings. The minimum atomic E-state index is -3.47. The van der Waals surface area contributed by atoms with Crippen LogP contribution in [-0.2, 0) is 21.2 Å². The third kappa shape index (κ3) is 4.90. The Morgan fingerprint density at radius 2 is 2.00 bits per heavy atom. The second-order valence-corrected chi connectivity index (χ2v) is 6.61. The van der Waals surface area contributed by atoms with Crippen LogP contribution in [0.25, 0.3) is 0 Å². The molecule has 1 unspecified atom stereocenters. The summed E-state index contributed by atoms with van der Waals surface area (Å²) in [6.45, 7) is 3.59. The van der Waals surface area contributed by atoms with Crippen molar-refractivity contribution in [3.8, 4) is 0 Å². The molecule has 0 spiro atoms. The standard InChI is InChI=1S/C13H20N2O4S/c1-3-15(11(2)10-13(16)17)20(18,19)9-6-12-4-7-14-8-5-12/h4-5,7-8,11H,3,6,9-10H2,1-2H3,(H,16,17). The molecule has 1 N–H and O–H groups in total. The van der Waals surface area contributed by atoms with Crippen LogP contribution in [0.3, 0.4) is 0 Å². The number of aryl methyl sites for hydroxylation is 1. The van der Waals surface area contributed by atoms with E-state index in [4.69, 9.17) is 5.11 Å². The number of carbonyl (C=O) groups is 1. The zero-order chi connectivity index (χ0) is 15.2. The fourth-order valence-electron chi connectivity index (χ4n) is 2.05. The van der Waals surface area contributed by atoms with Crippen LogP contribution in [-0.4, -0.2) is 47.1 Å². The van der Waals surface area contributed by atoms with Gasteiger partial charge in [0.25, 0.3) is 0 Å². The molecule has 0 aliphatic rings. The minimum Gasteiger partial charge on any atom is -0.481 e. The van der Waals surface area contributed by atoms with Crippen molar-refractivity contribution in [3.63, 3.8) is 0 Å². The number of hydrogen-bond donors (Lipinski definition) is 1. The summed E-state index contributed by atoms with van der Waals surface area (Å²) in [6, 6.07) is 3.00. The Morgan fingerprint density at radius 3 is 2.50 bits per heavy atom. The van der Waals surface area contributed by atoms with Crippen molar-refractivity contribution < 1.29 is 18.3 Å². The first kappa shape index (κ1) is 16.6. The Labute approximate surface area is 119 Å². The molecule has 1 aromatic heterocycles. The monoisotopic (exact) mass is 300 g/mol. The van der Waals surface area contributed by atoms with Crippen LogP contribution in [0, 0.1) is 0 Å². The van der Waals surface area contributed by atoms with Gasteiger partial charge < -0.3 is 5.11 Å². The third-order valence-corrected chi connectivity index (χ3v) is 5.08. The molecule has 0 amide bonds. The fraction of sp³-hybridized carbons (Fsp3) is 0.538. The van der Waals surface area contributed by atoms with E-state index in [0.717, 1.165) is 5.56 Å². The molecule has 1 heterocycles. The Morgan fingerprint density at radius 1 is 1.40 bits per heavy atom. The van der Waals surface area contributed by atoms with Crippen LogP contribution in [0.1, 0.15) is 25.8 Å². The van der Waals surface area contributed by atoms with E-state index >= 15 is 0 Å². The number of aromatic nitrogens is 1. The third-order valence-electron chi connectivity index (χ3n) is 3.03. The first-order valence-electron chi connectivity index (χ1n) is 6.47. The molecule has 1 aromatic rings. The largest absolute Gasteiger partial charge is 0.481 e. The van der Waals surface area contributed by atoms with Crippen molar-refractivity contribution in [1.29, 1.82) is 0 Å². The van der Waals surface area contributed by atoms with Gasteiger partial charge in [-0.1, -0.05) is 6.92 Å². The summed E-state index contributed by atoms with van der Waals surface area (Å²) in [7, 11) is -3.47. The summed E-state index contributed by atoms with van der Waals surface area (Å²) < 4.78 is 25.8. The van der Waals surface area contributed by atoms with Crippen LogP contribution >= 0.6 is 0 Å². The van der Waals surface area contributed by atoms with Crippen molar-refractivity contribution in [2.45, 2.75) is 32.7 Å². The fourth-order valence-corrected chi connectivity index (χ4v) is 3.80. The maximum atomic E-state index is 12.3. The summed E-state index contributed by atoms with van der Waals surface area (Å²) in [5.41, 5.74) is 0.894. The van der Waals surface area contributed by atoms with Crippen molar-refractivity contribution in [2.75, 3.05) is 12.3 Å². The maximum absolute atomic E-state index is 12.3. The van der Waals surface area contributed by atoms with Gasteiger partial charge in [-0.2, -0.15) is 4.31 Å². The van der Waals surface area contributed by atoms with E-state index in [1.54, 1.807) is 38.4 Å². The lowest BCUT2D eigenvalue weighted by molar-refractivity contribution is -0.137. The summed E-state index contributed by atoms with van der Waals surface area (Å²) in [5.74, 6) is -1.03.